The Morgan fingerprint density at radius 1 is 1.36 bits per heavy atom. The summed E-state index contributed by atoms with van der Waals surface area (Å²) in [5.41, 5.74) is -0.601. The van der Waals surface area contributed by atoms with Crippen LogP contribution in [0.15, 0.2) is 9.59 Å². The molecule has 5 nitrogen and oxygen atoms in total. The van der Waals surface area contributed by atoms with Gasteiger partial charge in [0, 0.05) is 19.1 Å². The van der Waals surface area contributed by atoms with E-state index in [4.69, 9.17) is 4.74 Å². The fourth-order valence-electron chi connectivity index (χ4n) is 1.19. The van der Waals surface area contributed by atoms with Crippen LogP contribution in [0, 0.1) is 0 Å². The summed E-state index contributed by atoms with van der Waals surface area (Å²) in [5, 5.41) is 0. The Morgan fingerprint density at radius 2 is 2.07 bits per heavy atom. The van der Waals surface area contributed by atoms with Crippen molar-refractivity contribution < 1.29 is 9.13 Å². The topological polar surface area (TPSA) is 75.0 Å². The molecule has 6 heteroatoms. The standard InChI is InChI=1S/C8H11FN2O3/c1-14-4-6-5(2-3-9)7(12)11-8(13)10-6/h2-4H2,1H3,(H2,10,11,12,13). The van der Waals surface area contributed by atoms with Gasteiger partial charge in [-0.05, 0) is 0 Å². The molecule has 1 heterocycles. The van der Waals surface area contributed by atoms with Crippen LogP contribution in [0.25, 0.3) is 0 Å². The molecule has 1 aromatic rings. The van der Waals surface area contributed by atoms with Crippen LogP contribution in [-0.4, -0.2) is 23.8 Å². The third-order valence-corrected chi connectivity index (χ3v) is 1.76. The molecule has 0 radical (unpaired) electrons. The molecule has 1 aromatic heterocycles. The minimum atomic E-state index is -0.647. The maximum Gasteiger partial charge on any atom is 0.325 e. The van der Waals surface area contributed by atoms with Crippen LogP contribution in [0.2, 0.25) is 0 Å². The molecule has 0 spiro atoms. The Labute approximate surface area is 78.9 Å². The summed E-state index contributed by atoms with van der Waals surface area (Å²) in [7, 11) is 1.43. The number of halogens is 1. The van der Waals surface area contributed by atoms with Crippen LogP contribution in [0.1, 0.15) is 11.3 Å². The second-order valence-electron chi connectivity index (χ2n) is 2.74. The highest BCUT2D eigenvalue weighted by Gasteiger charge is 2.08. The first-order chi connectivity index (χ1) is 6.69. The first kappa shape index (κ1) is 10.6. The highest BCUT2D eigenvalue weighted by Crippen LogP contribution is 2.00. The van der Waals surface area contributed by atoms with Gasteiger partial charge in [-0.1, -0.05) is 0 Å². The highest BCUT2D eigenvalue weighted by atomic mass is 19.1. The SMILES string of the molecule is COCc1[nH]c(=O)[nH]c(=O)c1CCF. The molecular weight excluding hydrogens is 191 g/mol. The molecule has 0 amide bonds. The van der Waals surface area contributed by atoms with E-state index in [0.29, 0.717) is 5.69 Å². The molecule has 14 heavy (non-hydrogen) atoms. The highest BCUT2D eigenvalue weighted by molar-refractivity contribution is 5.15. The van der Waals surface area contributed by atoms with E-state index in [1.54, 1.807) is 0 Å². The zero-order valence-corrected chi connectivity index (χ0v) is 7.72. The van der Waals surface area contributed by atoms with Crippen LogP contribution in [0.3, 0.4) is 0 Å². The summed E-state index contributed by atoms with van der Waals surface area (Å²) in [6, 6.07) is 0. The van der Waals surface area contributed by atoms with Gasteiger partial charge in [0.15, 0.2) is 0 Å². The third-order valence-electron chi connectivity index (χ3n) is 1.76. The van der Waals surface area contributed by atoms with Crippen LogP contribution >= 0.6 is 0 Å². The van der Waals surface area contributed by atoms with E-state index in [0.717, 1.165) is 0 Å². The lowest BCUT2D eigenvalue weighted by atomic mass is 10.2. The molecular formula is C8H11FN2O3. The summed E-state index contributed by atoms with van der Waals surface area (Å²) >= 11 is 0. The van der Waals surface area contributed by atoms with Crippen LogP contribution in [0.5, 0.6) is 0 Å². The van der Waals surface area contributed by atoms with E-state index < -0.39 is 17.9 Å². The zero-order valence-electron chi connectivity index (χ0n) is 7.72. The van der Waals surface area contributed by atoms with Crippen molar-refractivity contribution in [3.8, 4) is 0 Å². The lowest BCUT2D eigenvalue weighted by Gasteiger charge is -2.04. The first-order valence-electron chi connectivity index (χ1n) is 4.08. The summed E-state index contributed by atoms with van der Waals surface area (Å²) in [4.78, 5) is 26.5. The molecule has 2 N–H and O–H groups in total. The number of rotatable bonds is 4. The minimum Gasteiger partial charge on any atom is -0.378 e. The zero-order chi connectivity index (χ0) is 10.6. The van der Waals surface area contributed by atoms with Crippen molar-refractivity contribution >= 4 is 0 Å². The number of hydrogen-bond acceptors (Lipinski definition) is 3. The van der Waals surface area contributed by atoms with Gasteiger partial charge < -0.3 is 9.72 Å². The van der Waals surface area contributed by atoms with Crippen molar-refractivity contribution in [3.63, 3.8) is 0 Å². The molecule has 0 aliphatic rings. The second-order valence-corrected chi connectivity index (χ2v) is 2.74. The van der Waals surface area contributed by atoms with Crippen molar-refractivity contribution in [3.05, 3.63) is 32.1 Å². The summed E-state index contributed by atoms with van der Waals surface area (Å²) < 4.78 is 16.9. The quantitative estimate of drug-likeness (QED) is 0.705. The number of aromatic nitrogens is 2. The van der Waals surface area contributed by atoms with Crippen molar-refractivity contribution in [1.29, 1.82) is 0 Å². The molecule has 0 aliphatic carbocycles. The molecule has 0 aliphatic heterocycles. The van der Waals surface area contributed by atoms with Gasteiger partial charge in [-0.15, -0.1) is 0 Å². The van der Waals surface area contributed by atoms with Crippen molar-refractivity contribution in [2.24, 2.45) is 0 Å². The van der Waals surface area contributed by atoms with E-state index in [-0.39, 0.29) is 18.6 Å². The van der Waals surface area contributed by atoms with Crippen molar-refractivity contribution in [2.75, 3.05) is 13.8 Å². The van der Waals surface area contributed by atoms with E-state index in [1.807, 2.05) is 4.98 Å². The van der Waals surface area contributed by atoms with E-state index in [1.165, 1.54) is 7.11 Å². The molecule has 0 saturated heterocycles. The molecule has 1 rings (SSSR count). The third kappa shape index (κ3) is 2.29. The molecule has 0 unspecified atom stereocenters. The van der Waals surface area contributed by atoms with Gasteiger partial charge in [0.2, 0.25) is 0 Å². The van der Waals surface area contributed by atoms with Gasteiger partial charge >= 0.3 is 5.69 Å². The predicted octanol–water partition coefficient (Wildman–Crippen LogP) is -0.278. The lowest BCUT2D eigenvalue weighted by molar-refractivity contribution is 0.180. The molecule has 0 bridgehead atoms. The second kappa shape index (κ2) is 4.71. The van der Waals surface area contributed by atoms with E-state index >= 15 is 0 Å². The molecule has 78 valence electrons. The number of H-pyrrole nitrogens is 2. The van der Waals surface area contributed by atoms with Gasteiger partial charge in [-0.3, -0.25) is 14.2 Å². The van der Waals surface area contributed by atoms with Crippen molar-refractivity contribution in [2.45, 2.75) is 13.0 Å². The maximum absolute atomic E-state index is 12.1. The van der Waals surface area contributed by atoms with Gasteiger partial charge in [-0.25, -0.2) is 4.79 Å². The number of ether oxygens (including phenoxy) is 1. The molecule has 0 atom stereocenters. The number of hydrogen-bond donors (Lipinski definition) is 2. The van der Waals surface area contributed by atoms with Gasteiger partial charge in [0.05, 0.1) is 19.0 Å². The fraction of sp³-hybridized carbons (Fsp3) is 0.500. The average molecular weight is 202 g/mol. The number of alkyl halides is 1. The largest absolute Gasteiger partial charge is 0.378 e. The normalized spacial score (nSPS) is 10.4. The Morgan fingerprint density at radius 3 is 2.64 bits per heavy atom. The minimum absolute atomic E-state index is 0.0230. The molecule has 0 fully saturated rings. The Bertz CT molecular complexity index is 410. The molecule has 0 saturated carbocycles. The summed E-state index contributed by atoms with van der Waals surface area (Å²) in [5.74, 6) is 0. The van der Waals surface area contributed by atoms with Crippen molar-refractivity contribution in [1.82, 2.24) is 9.97 Å². The fourth-order valence-corrected chi connectivity index (χ4v) is 1.19. The Kier molecular flexibility index (Phi) is 3.58. The Balaban J connectivity index is 3.21. The van der Waals surface area contributed by atoms with Gasteiger partial charge in [-0.2, -0.15) is 0 Å². The van der Waals surface area contributed by atoms with Crippen LogP contribution in [-0.2, 0) is 17.8 Å². The smallest absolute Gasteiger partial charge is 0.325 e. The summed E-state index contributed by atoms with van der Waals surface area (Å²) in [6.45, 7) is -0.555. The maximum atomic E-state index is 12.1. The van der Waals surface area contributed by atoms with E-state index in [2.05, 4.69) is 4.98 Å². The molecule has 0 aromatic carbocycles. The average Bonchev–Trinajstić information content (AvgIpc) is 2.11. The Hall–Kier alpha value is -1.43. The number of aromatic amines is 2. The van der Waals surface area contributed by atoms with Gasteiger partial charge in [0.1, 0.15) is 0 Å². The number of methoxy groups -OCH3 is 1. The monoisotopic (exact) mass is 202 g/mol. The predicted molar refractivity (Wildman–Crippen MR) is 48.1 cm³/mol. The first-order valence-corrected chi connectivity index (χ1v) is 4.08. The number of nitrogens with one attached hydrogen (secondary N) is 2. The lowest BCUT2D eigenvalue weighted by Crippen LogP contribution is -2.28. The van der Waals surface area contributed by atoms with E-state index in [9.17, 15) is 14.0 Å². The van der Waals surface area contributed by atoms with Crippen LogP contribution < -0.4 is 11.2 Å². The van der Waals surface area contributed by atoms with Crippen LogP contribution in [0.4, 0.5) is 4.39 Å². The summed E-state index contributed by atoms with van der Waals surface area (Å²) in [6.07, 6.45) is -0.0230. The van der Waals surface area contributed by atoms with Gasteiger partial charge in [0.25, 0.3) is 5.56 Å².